The molecule has 1 aromatic heterocycles. The number of benzene rings is 1. The number of rotatable bonds is 5. The van der Waals surface area contributed by atoms with Gasteiger partial charge in [0, 0.05) is 35.9 Å². The SMILES string of the molecule is CCn1cc(Br)cc1C(=O)NCc1cccc([N+](=O)[O-])c1. The van der Waals surface area contributed by atoms with Gasteiger partial charge in [-0.25, -0.2) is 0 Å². The van der Waals surface area contributed by atoms with Crippen LogP contribution in [0.2, 0.25) is 0 Å². The van der Waals surface area contributed by atoms with Crippen LogP contribution in [-0.4, -0.2) is 15.4 Å². The zero-order chi connectivity index (χ0) is 15.4. The number of hydrogen-bond donors (Lipinski definition) is 1. The van der Waals surface area contributed by atoms with E-state index in [4.69, 9.17) is 0 Å². The predicted octanol–water partition coefficient (Wildman–Crippen LogP) is 3.11. The van der Waals surface area contributed by atoms with Crippen LogP contribution in [-0.2, 0) is 13.1 Å². The highest BCUT2D eigenvalue weighted by molar-refractivity contribution is 9.10. The van der Waals surface area contributed by atoms with Gasteiger partial charge in [-0.2, -0.15) is 0 Å². The first-order valence-corrected chi connectivity index (χ1v) is 7.17. The molecule has 21 heavy (non-hydrogen) atoms. The van der Waals surface area contributed by atoms with E-state index in [0.29, 0.717) is 17.8 Å². The summed E-state index contributed by atoms with van der Waals surface area (Å²) in [6, 6.07) is 7.96. The van der Waals surface area contributed by atoms with Gasteiger partial charge in [-0.15, -0.1) is 0 Å². The zero-order valence-electron chi connectivity index (χ0n) is 11.4. The first-order valence-electron chi connectivity index (χ1n) is 6.38. The Morgan fingerprint density at radius 1 is 1.43 bits per heavy atom. The summed E-state index contributed by atoms with van der Waals surface area (Å²) in [5.74, 6) is -0.214. The maximum Gasteiger partial charge on any atom is 0.269 e. The lowest BCUT2D eigenvalue weighted by molar-refractivity contribution is -0.384. The summed E-state index contributed by atoms with van der Waals surface area (Å²) < 4.78 is 2.66. The third-order valence-electron chi connectivity index (χ3n) is 3.01. The summed E-state index contributed by atoms with van der Waals surface area (Å²) in [6.45, 7) is 2.88. The van der Waals surface area contributed by atoms with Gasteiger partial charge in [-0.05, 0) is 34.5 Å². The molecule has 2 rings (SSSR count). The van der Waals surface area contributed by atoms with Crippen molar-refractivity contribution in [2.24, 2.45) is 0 Å². The summed E-state index contributed by atoms with van der Waals surface area (Å²) in [7, 11) is 0. The molecule has 0 atom stereocenters. The number of halogens is 1. The van der Waals surface area contributed by atoms with E-state index < -0.39 is 4.92 Å². The first kappa shape index (κ1) is 15.2. The third-order valence-corrected chi connectivity index (χ3v) is 3.44. The molecular formula is C14H14BrN3O3. The van der Waals surface area contributed by atoms with E-state index in [1.54, 1.807) is 18.2 Å². The molecule has 0 radical (unpaired) electrons. The van der Waals surface area contributed by atoms with Crippen LogP contribution in [0.5, 0.6) is 0 Å². The van der Waals surface area contributed by atoms with Crippen molar-refractivity contribution >= 4 is 27.5 Å². The highest BCUT2D eigenvalue weighted by Crippen LogP contribution is 2.16. The van der Waals surface area contributed by atoms with E-state index >= 15 is 0 Å². The number of nitrogens with zero attached hydrogens (tertiary/aromatic N) is 2. The van der Waals surface area contributed by atoms with Gasteiger partial charge in [0.1, 0.15) is 5.69 Å². The summed E-state index contributed by atoms with van der Waals surface area (Å²) in [5, 5.41) is 13.5. The Kier molecular flexibility index (Phi) is 4.74. The first-order chi connectivity index (χ1) is 10.0. The number of carbonyl (C=O) groups excluding carboxylic acids is 1. The molecule has 0 spiro atoms. The number of aromatic nitrogens is 1. The van der Waals surface area contributed by atoms with Crippen LogP contribution < -0.4 is 5.32 Å². The number of aryl methyl sites for hydroxylation is 1. The third kappa shape index (κ3) is 3.69. The second-order valence-electron chi connectivity index (χ2n) is 4.44. The van der Waals surface area contributed by atoms with Crippen LogP contribution in [0, 0.1) is 10.1 Å². The van der Waals surface area contributed by atoms with Gasteiger partial charge in [-0.1, -0.05) is 12.1 Å². The normalized spacial score (nSPS) is 10.4. The molecule has 1 amide bonds. The minimum absolute atomic E-state index is 0.0152. The maximum absolute atomic E-state index is 12.1. The molecule has 0 aliphatic heterocycles. The molecule has 7 heteroatoms. The standard InChI is InChI=1S/C14H14BrN3O3/c1-2-17-9-11(15)7-13(17)14(19)16-8-10-4-3-5-12(6-10)18(20)21/h3-7,9H,2,8H2,1H3,(H,16,19). The molecule has 0 saturated carbocycles. The monoisotopic (exact) mass is 351 g/mol. The molecule has 0 unspecified atom stereocenters. The van der Waals surface area contributed by atoms with E-state index in [1.165, 1.54) is 12.1 Å². The van der Waals surface area contributed by atoms with Gasteiger partial charge in [0.15, 0.2) is 0 Å². The molecule has 0 bridgehead atoms. The van der Waals surface area contributed by atoms with Crippen molar-refractivity contribution in [3.8, 4) is 0 Å². The molecule has 1 aromatic carbocycles. The average Bonchev–Trinajstić information content (AvgIpc) is 2.86. The Morgan fingerprint density at radius 3 is 2.86 bits per heavy atom. The summed E-state index contributed by atoms with van der Waals surface area (Å²) in [5.41, 5.74) is 1.25. The molecule has 0 aliphatic carbocycles. The Hall–Kier alpha value is -2.15. The van der Waals surface area contributed by atoms with E-state index in [1.807, 2.05) is 17.7 Å². The van der Waals surface area contributed by atoms with Crippen molar-refractivity contribution < 1.29 is 9.72 Å². The highest BCUT2D eigenvalue weighted by Gasteiger charge is 2.12. The van der Waals surface area contributed by atoms with Crippen molar-refractivity contribution in [1.29, 1.82) is 0 Å². The Balaban J connectivity index is 2.07. The average molecular weight is 352 g/mol. The second-order valence-corrected chi connectivity index (χ2v) is 5.35. The van der Waals surface area contributed by atoms with E-state index in [-0.39, 0.29) is 18.1 Å². The Labute approximate surface area is 130 Å². The number of carbonyl (C=O) groups is 1. The summed E-state index contributed by atoms with van der Waals surface area (Å²) in [4.78, 5) is 22.4. The van der Waals surface area contributed by atoms with Crippen LogP contribution in [0.1, 0.15) is 23.0 Å². The summed E-state index contributed by atoms with van der Waals surface area (Å²) >= 11 is 3.34. The largest absolute Gasteiger partial charge is 0.347 e. The predicted molar refractivity (Wildman–Crippen MR) is 82.1 cm³/mol. The number of amides is 1. The van der Waals surface area contributed by atoms with E-state index in [2.05, 4.69) is 21.2 Å². The smallest absolute Gasteiger partial charge is 0.269 e. The van der Waals surface area contributed by atoms with Crippen molar-refractivity contribution in [3.05, 3.63) is 62.4 Å². The van der Waals surface area contributed by atoms with Gasteiger partial charge < -0.3 is 9.88 Å². The molecule has 1 N–H and O–H groups in total. The lowest BCUT2D eigenvalue weighted by atomic mass is 10.2. The topological polar surface area (TPSA) is 77.2 Å². The van der Waals surface area contributed by atoms with Crippen molar-refractivity contribution in [3.63, 3.8) is 0 Å². The maximum atomic E-state index is 12.1. The molecule has 2 aromatic rings. The molecular weight excluding hydrogens is 338 g/mol. The molecule has 0 fully saturated rings. The Morgan fingerprint density at radius 2 is 2.19 bits per heavy atom. The quantitative estimate of drug-likeness (QED) is 0.664. The van der Waals surface area contributed by atoms with Gasteiger partial charge in [-0.3, -0.25) is 14.9 Å². The highest BCUT2D eigenvalue weighted by atomic mass is 79.9. The number of nitro benzene ring substituents is 1. The zero-order valence-corrected chi connectivity index (χ0v) is 13.0. The van der Waals surface area contributed by atoms with Gasteiger partial charge in [0.05, 0.1) is 4.92 Å². The van der Waals surface area contributed by atoms with Crippen LogP contribution in [0.4, 0.5) is 5.69 Å². The van der Waals surface area contributed by atoms with Crippen molar-refractivity contribution in [2.45, 2.75) is 20.0 Å². The second kappa shape index (κ2) is 6.53. The number of nitro groups is 1. The lowest BCUT2D eigenvalue weighted by Gasteiger charge is -2.07. The van der Waals surface area contributed by atoms with E-state index in [0.717, 1.165) is 4.47 Å². The van der Waals surface area contributed by atoms with Crippen LogP contribution in [0.25, 0.3) is 0 Å². The summed E-state index contributed by atoms with van der Waals surface area (Å²) in [6.07, 6.45) is 1.84. The minimum Gasteiger partial charge on any atom is -0.347 e. The number of hydrogen-bond acceptors (Lipinski definition) is 3. The molecule has 0 aliphatic rings. The molecule has 6 nitrogen and oxygen atoms in total. The number of nitrogens with one attached hydrogen (secondary N) is 1. The number of non-ortho nitro benzene ring substituents is 1. The fourth-order valence-corrected chi connectivity index (χ4v) is 2.44. The molecule has 110 valence electrons. The molecule has 1 heterocycles. The van der Waals surface area contributed by atoms with E-state index in [9.17, 15) is 14.9 Å². The van der Waals surface area contributed by atoms with Gasteiger partial charge >= 0.3 is 0 Å². The van der Waals surface area contributed by atoms with Gasteiger partial charge in [0.25, 0.3) is 11.6 Å². The van der Waals surface area contributed by atoms with Crippen molar-refractivity contribution in [2.75, 3.05) is 0 Å². The minimum atomic E-state index is -0.454. The Bertz CT molecular complexity index is 682. The van der Waals surface area contributed by atoms with Crippen LogP contribution in [0.15, 0.2) is 41.0 Å². The molecule has 0 saturated heterocycles. The fourth-order valence-electron chi connectivity index (χ4n) is 1.98. The van der Waals surface area contributed by atoms with Gasteiger partial charge in [0.2, 0.25) is 0 Å². The van der Waals surface area contributed by atoms with Crippen LogP contribution in [0.3, 0.4) is 0 Å². The lowest BCUT2D eigenvalue weighted by Crippen LogP contribution is -2.25. The van der Waals surface area contributed by atoms with Crippen LogP contribution >= 0.6 is 15.9 Å². The fraction of sp³-hybridized carbons (Fsp3) is 0.214. The van der Waals surface area contributed by atoms with Crippen molar-refractivity contribution in [1.82, 2.24) is 9.88 Å².